The van der Waals surface area contributed by atoms with E-state index in [4.69, 9.17) is 0 Å². The molecular formula is C15H21ClF2N2O2. The van der Waals surface area contributed by atoms with E-state index in [0.29, 0.717) is 11.5 Å². The van der Waals surface area contributed by atoms with Gasteiger partial charge >= 0.3 is 6.61 Å². The summed E-state index contributed by atoms with van der Waals surface area (Å²) < 4.78 is 29.2. The van der Waals surface area contributed by atoms with Crippen molar-refractivity contribution >= 4 is 18.3 Å². The zero-order valence-electron chi connectivity index (χ0n) is 12.6. The molecule has 0 spiro atoms. The van der Waals surface area contributed by atoms with Crippen LogP contribution in [0.15, 0.2) is 18.2 Å². The second kappa shape index (κ2) is 8.29. The number of carbonyl (C=O) groups excluding carboxylic acids is 1. The van der Waals surface area contributed by atoms with Gasteiger partial charge in [0.05, 0.1) is 0 Å². The predicted molar refractivity (Wildman–Crippen MR) is 82.4 cm³/mol. The van der Waals surface area contributed by atoms with Crippen molar-refractivity contribution in [2.75, 3.05) is 13.1 Å². The second-order valence-electron chi connectivity index (χ2n) is 5.41. The molecule has 2 N–H and O–H groups in total. The highest BCUT2D eigenvalue weighted by molar-refractivity contribution is 5.85. The van der Waals surface area contributed by atoms with Gasteiger partial charge in [-0.15, -0.1) is 12.4 Å². The van der Waals surface area contributed by atoms with Crippen molar-refractivity contribution in [2.24, 2.45) is 11.8 Å². The Morgan fingerprint density at radius 1 is 1.45 bits per heavy atom. The summed E-state index contributed by atoms with van der Waals surface area (Å²) in [4.78, 5) is 12.0. The van der Waals surface area contributed by atoms with E-state index in [2.05, 4.69) is 15.4 Å². The number of carbonyl (C=O) groups is 1. The number of benzene rings is 1. The molecule has 1 atom stereocenters. The number of rotatable bonds is 6. The van der Waals surface area contributed by atoms with Gasteiger partial charge in [0.15, 0.2) is 0 Å². The van der Waals surface area contributed by atoms with Crippen molar-refractivity contribution in [3.8, 4) is 5.75 Å². The van der Waals surface area contributed by atoms with Gasteiger partial charge in [0.2, 0.25) is 5.91 Å². The molecule has 1 aromatic carbocycles. The summed E-state index contributed by atoms with van der Waals surface area (Å²) >= 11 is 0. The third kappa shape index (κ3) is 4.81. The first-order valence-corrected chi connectivity index (χ1v) is 7.00. The van der Waals surface area contributed by atoms with Crippen LogP contribution in [-0.2, 0) is 11.3 Å². The van der Waals surface area contributed by atoms with Crippen LogP contribution in [0, 0.1) is 18.8 Å². The van der Waals surface area contributed by atoms with Gasteiger partial charge < -0.3 is 15.4 Å². The van der Waals surface area contributed by atoms with Crippen LogP contribution >= 0.6 is 12.4 Å². The topological polar surface area (TPSA) is 50.4 Å². The summed E-state index contributed by atoms with van der Waals surface area (Å²) in [7, 11) is 0. The fourth-order valence-electron chi connectivity index (χ4n) is 2.28. The van der Waals surface area contributed by atoms with Gasteiger partial charge in [-0.05, 0) is 32.0 Å². The lowest BCUT2D eigenvalue weighted by molar-refractivity contribution is -0.126. The molecule has 1 saturated heterocycles. The molecule has 1 amide bonds. The minimum Gasteiger partial charge on any atom is -0.434 e. The van der Waals surface area contributed by atoms with Crippen molar-refractivity contribution in [1.82, 2.24) is 10.6 Å². The molecule has 0 saturated carbocycles. The lowest BCUT2D eigenvalue weighted by Crippen LogP contribution is -2.49. The van der Waals surface area contributed by atoms with Gasteiger partial charge in [-0.1, -0.05) is 24.6 Å². The van der Waals surface area contributed by atoms with Crippen LogP contribution in [0.4, 0.5) is 8.78 Å². The Morgan fingerprint density at radius 2 is 2.14 bits per heavy atom. The summed E-state index contributed by atoms with van der Waals surface area (Å²) in [6, 6.07) is 4.95. The van der Waals surface area contributed by atoms with Crippen LogP contribution in [-0.4, -0.2) is 25.6 Å². The summed E-state index contributed by atoms with van der Waals surface area (Å²) in [6.45, 7) is 2.75. The summed E-state index contributed by atoms with van der Waals surface area (Å²) in [5.74, 6) is 0.301. The molecule has 124 valence electrons. The quantitative estimate of drug-likeness (QED) is 0.840. The van der Waals surface area contributed by atoms with Crippen LogP contribution in [0.3, 0.4) is 0 Å². The lowest BCUT2D eigenvalue weighted by Gasteiger charge is -2.31. The number of hydrogen-bond donors (Lipinski definition) is 2. The number of nitrogens with one attached hydrogen (secondary N) is 2. The molecular weight excluding hydrogens is 314 g/mol. The maximum Gasteiger partial charge on any atom is 0.387 e. The summed E-state index contributed by atoms with van der Waals surface area (Å²) in [5.41, 5.74) is 1.49. The Bertz CT molecular complexity index is 510. The summed E-state index contributed by atoms with van der Waals surface area (Å²) in [5, 5.41) is 5.92. The van der Waals surface area contributed by atoms with E-state index in [1.165, 1.54) is 6.07 Å². The van der Waals surface area contributed by atoms with Crippen LogP contribution < -0.4 is 15.4 Å². The zero-order chi connectivity index (χ0) is 15.4. The van der Waals surface area contributed by atoms with Gasteiger partial charge in [0.1, 0.15) is 5.75 Å². The molecule has 0 aliphatic carbocycles. The molecule has 1 fully saturated rings. The summed E-state index contributed by atoms with van der Waals surface area (Å²) in [6.07, 6.45) is 0. The largest absolute Gasteiger partial charge is 0.434 e. The molecule has 4 nitrogen and oxygen atoms in total. The number of aryl methyl sites for hydroxylation is 1. The maximum absolute atomic E-state index is 12.4. The highest BCUT2D eigenvalue weighted by Gasteiger charge is 2.28. The normalized spacial score (nSPS) is 15.7. The first-order valence-electron chi connectivity index (χ1n) is 7.00. The average Bonchev–Trinajstić information content (AvgIpc) is 2.36. The van der Waals surface area contributed by atoms with E-state index in [9.17, 15) is 13.6 Å². The van der Waals surface area contributed by atoms with Gasteiger partial charge in [-0.3, -0.25) is 4.79 Å². The molecule has 1 unspecified atom stereocenters. The Labute approximate surface area is 135 Å². The number of amides is 1. The standard InChI is InChI=1S/C15H20F2N2O2.ClH/c1-9-3-4-13(21-15(16)17)11(5-9)8-19-14(20)10(2)12-6-18-7-12;/h3-5,10,12,15,18H,6-8H2,1-2H3,(H,19,20);1H. The zero-order valence-corrected chi connectivity index (χ0v) is 13.4. The van der Waals surface area contributed by atoms with Crippen LogP contribution in [0.2, 0.25) is 0 Å². The minimum absolute atomic E-state index is 0. The first-order chi connectivity index (χ1) is 9.97. The van der Waals surface area contributed by atoms with Crippen molar-refractivity contribution in [1.29, 1.82) is 0 Å². The lowest BCUT2D eigenvalue weighted by atomic mass is 9.88. The van der Waals surface area contributed by atoms with Crippen molar-refractivity contribution in [2.45, 2.75) is 27.0 Å². The molecule has 7 heteroatoms. The van der Waals surface area contributed by atoms with Crippen LogP contribution in [0.5, 0.6) is 5.75 Å². The van der Waals surface area contributed by atoms with E-state index in [1.54, 1.807) is 12.1 Å². The number of hydrogen-bond acceptors (Lipinski definition) is 3. The third-order valence-corrected chi connectivity index (χ3v) is 3.82. The van der Waals surface area contributed by atoms with Gasteiger partial charge in [0, 0.05) is 18.0 Å². The highest BCUT2D eigenvalue weighted by Crippen LogP contribution is 2.22. The van der Waals surface area contributed by atoms with Crippen molar-refractivity contribution in [3.63, 3.8) is 0 Å². The Balaban J connectivity index is 0.00000242. The Kier molecular flexibility index (Phi) is 7.03. The Hall–Kier alpha value is -1.40. The molecule has 22 heavy (non-hydrogen) atoms. The van der Waals surface area contributed by atoms with E-state index in [-0.39, 0.29) is 36.5 Å². The molecule has 1 aliphatic heterocycles. The Morgan fingerprint density at radius 3 is 2.68 bits per heavy atom. The third-order valence-electron chi connectivity index (χ3n) is 3.82. The van der Waals surface area contributed by atoms with Gasteiger partial charge in [0.25, 0.3) is 0 Å². The van der Waals surface area contributed by atoms with E-state index in [0.717, 1.165) is 18.7 Å². The average molecular weight is 335 g/mol. The minimum atomic E-state index is -2.87. The monoisotopic (exact) mass is 334 g/mol. The molecule has 1 heterocycles. The number of halogens is 3. The van der Waals surface area contributed by atoms with Gasteiger partial charge in [-0.25, -0.2) is 0 Å². The number of ether oxygens (including phenoxy) is 1. The van der Waals surface area contributed by atoms with Crippen LogP contribution in [0.1, 0.15) is 18.1 Å². The maximum atomic E-state index is 12.4. The predicted octanol–water partition coefficient (Wildman–Crippen LogP) is 2.49. The smallest absolute Gasteiger partial charge is 0.387 e. The van der Waals surface area contributed by atoms with E-state index < -0.39 is 6.61 Å². The highest BCUT2D eigenvalue weighted by atomic mass is 35.5. The van der Waals surface area contributed by atoms with Gasteiger partial charge in [-0.2, -0.15) is 8.78 Å². The van der Waals surface area contributed by atoms with Crippen molar-refractivity contribution in [3.05, 3.63) is 29.3 Å². The van der Waals surface area contributed by atoms with E-state index in [1.807, 2.05) is 13.8 Å². The van der Waals surface area contributed by atoms with Crippen molar-refractivity contribution < 1.29 is 18.3 Å². The molecule has 2 rings (SSSR count). The van der Waals surface area contributed by atoms with Crippen LogP contribution in [0.25, 0.3) is 0 Å². The fourth-order valence-corrected chi connectivity index (χ4v) is 2.28. The SMILES string of the molecule is Cc1ccc(OC(F)F)c(CNC(=O)C(C)C2CNC2)c1.Cl. The molecule has 0 aromatic heterocycles. The molecule has 0 bridgehead atoms. The fraction of sp³-hybridized carbons (Fsp3) is 0.533. The molecule has 1 aliphatic rings. The molecule has 1 aromatic rings. The van der Waals surface area contributed by atoms with E-state index >= 15 is 0 Å². The number of alkyl halides is 2. The first kappa shape index (κ1) is 18.6. The molecule has 0 radical (unpaired) electrons. The second-order valence-corrected chi connectivity index (χ2v) is 5.41.